The Bertz CT molecular complexity index is 1170. The van der Waals surface area contributed by atoms with Gasteiger partial charge < -0.3 is 19.7 Å². The number of amides is 1. The Morgan fingerprint density at radius 1 is 1.23 bits per heavy atom. The summed E-state index contributed by atoms with van der Waals surface area (Å²) in [4.78, 5) is 37.8. The van der Waals surface area contributed by atoms with Gasteiger partial charge in [0, 0.05) is 36.3 Å². The van der Waals surface area contributed by atoms with Crippen LogP contribution in [-0.4, -0.2) is 60.4 Å². The number of carbonyl (C=O) groups excluding carboxylic acids is 2. The summed E-state index contributed by atoms with van der Waals surface area (Å²) in [6.07, 6.45) is 0. The molecule has 1 aliphatic heterocycles. The Balaban J connectivity index is 1.66. The molecule has 2 heterocycles. The summed E-state index contributed by atoms with van der Waals surface area (Å²) in [6.45, 7) is 2.55. The number of anilines is 2. The van der Waals surface area contributed by atoms with E-state index < -0.39 is 16.8 Å². The van der Waals surface area contributed by atoms with Crippen LogP contribution in [0.3, 0.4) is 0 Å². The van der Waals surface area contributed by atoms with Crippen molar-refractivity contribution in [2.45, 2.75) is 0 Å². The van der Waals surface area contributed by atoms with Crippen molar-refractivity contribution in [1.82, 2.24) is 10.2 Å². The molecule has 0 unspecified atom stereocenters. The van der Waals surface area contributed by atoms with Gasteiger partial charge in [0.25, 0.3) is 11.6 Å². The van der Waals surface area contributed by atoms with Gasteiger partial charge in [-0.25, -0.2) is 4.79 Å². The number of nitro benzene ring substituents is 1. The van der Waals surface area contributed by atoms with Gasteiger partial charge in [-0.1, -0.05) is 0 Å². The number of nitrogens with zero attached hydrogens (tertiary/aromatic N) is 3. The van der Waals surface area contributed by atoms with Crippen LogP contribution in [0.2, 0.25) is 0 Å². The minimum absolute atomic E-state index is 0.0215. The van der Waals surface area contributed by atoms with E-state index in [0.717, 1.165) is 5.69 Å². The van der Waals surface area contributed by atoms with Crippen LogP contribution in [0.25, 0.3) is 10.9 Å². The maximum Gasteiger partial charge on any atom is 0.340 e. The van der Waals surface area contributed by atoms with E-state index in [1.165, 1.54) is 25.3 Å². The van der Waals surface area contributed by atoms with Gasteiger partial charge in [-0.2, -0.15) is 5.10 Å². The van der Waals surface area contributed by atoms with E-state index in [0.29, 0.717) is 37.2 Å². The summed E-state index contributed by atoms with van der Waals surface area (Å²) in [7, 11) is 1.26. The van der Waals surface area contributed by atoms with Crippen LogP contribution in [0.1, 0.15) is 20.8 Å². The van der Waals surface area contributed by atoms with Gasteiger partial charge in [0.1, 0.15) is 0 Å². The Morgan fingerprint density at radius 2 is 2.00 bits per heavy atom. The molecule has 0 atom stereocenters. The minimum atomic E-state index is -0.615. The van der Waals surface area contributed by atoms with E-state index in [4.69, 9.17) is 9.47 Å². The van der Waals surface area contributed by atoms with E-state index in [2.05, 4.69) is 20.4 Å². The lowest BCUT2D eigenvalue weighted by atomic mass is 10.1. The summed E-state index contributed by atoms with van der Waals surface area (Å²) in [5.74, 6) is -1.22. The first-order valence-corrected chi connectivity index (χ1v) is 9.47. The third-order valence-corrected chi connectivity index (χ3v) is 5.01. The van der Waals surface area contributed by atoms with E-state index in [9.17, 15) is 19.7 Å². The normalized spacial score (nSPS) is 13.8. The zero-order chi connectivity index (χ0) is 22.0. The van der Waals surface area contributed by atoms with Crippen LogP contribution in [0.15, 0.2) is 36.4 Å². The number of benzene rings is 2. The Morgan fingerprint density at radius 3 is 2.71 bits per heavy atom. The molecule has 0 bridgehead atoms. The third kappa shape index (κ3) is 4.03. The highest BCUT2D eigenvalue weighted by Crippen LogP contribution is 2.27. The molecule has 4 rings (SSSR count). The molecule has 0 saturated carbocycles. The highest BCUT2D eigenvalue weighted by molar-refractivity contribution is 6.13. The van der Waals surface area contributed by atoms with Gasteiger partial charge in [-0.15, -0.1) is 0 Å². The predicted octanol–water partition coefficient (Wildman–Crippen LogP) is 2.35. The maximum atomic E-state index is 12.9. The van der Waals surface area contributed by atoms with E-state index in [1.807, 2.05) is 0 Å². The number of hydrogen-bond acceptors (Lipinski definition) is 8. The highest BCUT2D eigenvalue weighted by atomic mass is 16.6. The van der Waals surface area contributed by atoms with Crippen LogP contribution >= 0.6 is 0 Å². The zero-order valence-electron chi connectivity index (χ0n) is 16.6. The second-order valence-corrected chi connectivity index (χ2v) is 6.83. The predicted molar refractivity (Wildman–Crippen MR) is 112 cm³/mol. The molecule has 1 saturated heterocycles. The van der Waals surface area contributed by atoms with Crippen LogP contribution in [0.5, 0.6) is 0 Å². The second kappa shape index (κ2) is 8.40. The Labute approximate surface area is 176 Å². The number of nitrogens with one attached hydrogen (secondary N) is 2. The van der Waals surface area contributed by atoms with Crippen molar-refractivity contribution >= 4 is 39.8 Å². The first-order chi connectivity index (χ1) is 15.0. The Kier molecular flexibility index (Phi) is 5.50. The summed E-state index contributed by atoms with van der Waals surface area (Å²) in [6, 6.07) is 9.14. The quantitative estimate of drug-likeness (QED) is 0.361. The molecule has 1 fully saturated rings. The van der Waals surface area contributed by atoms with Crippen LogP contribution in [0, 0.1) is 10.1 Å². The molecule has 31 heavy (non-hydrogen) atoms. The molecule has 1 aromatic heterocycles. The molecule has 160 valence electrons. The molecule has 2 N–H and O–H groups in total. The molecule has 0 spiro atoms. The van der Waals surface area contributed by atoms with E-state index in [-0.39, 0.29) is 22.6 Å². The number of morpholine rings is 1. The largest absolute Gasteiger partial charge is 0.465 e. The fourth-order valence-electron chi connectivity index (χ4n) is 3.41. The zero-order valence-corrected chi connectivity index (χ0v) is 16.6. The molecule has 0 aliphatic carbocycles. The van der Waals surface area contributed by atoms with Gasteiger partial charge in [-0.3, -0.25) is 20.0 Å². The van der Waals surface area contributed by atoms with Crippen LogP contribution in [0.4, 0.5) is 17.1 Å². The van der Waals surface area contributed by atoms with Crippen molar-refractivity contribution < 1.29 is 24.0 Å². The first-order valence-electron chi connectivity index (χ1n) is 9.47. The molecule has 1 aliphatic rings. The fourth-order valence-corrected chi connectivity index (χ4v) is 3.41. The number of ether oxygens (including phenoxy) is 2. The SMILES string of the molecule is COC(=O)c1cc(N2CCOCC2)ccc1NC(=O)c1n[nH]c2ccc([N+](=O)[O-])cc12. The number of H-pyrrole nitrogens is 1. The third-order valence-electron chi connectivity index (χ3n) is 5.01. The minimum Gasteiger partial charge on any atom is -0.465 e. The van der Waals surface area contributed by atoms with E-state index >= 15 is 0 Å². The first kappa shape index (κ1) is 20.3. The maximum absolute atomic E-state index is 12.9. The van der Waals surface area contributed by atoms with Crippen molar-refractivity contribution in [3.63, 3.8) is 0 Å². The summed E-state index contributed by atoms with van der Waals surface area (Å²) in [5, 5.41) is 20.7. The molecule has 0 radical (unpaired) electrons. The van der Waals surface area contributed by atoms with Gasteiger partial charge in [0.15, 0.2) is 5.69 Å². The lowest BCUT2D eigenvalue weighted by molar-refractivity contribution is -0.384. The number of carbonyl (C=O) groups is 2. The number of nitro groups is 1. The van der Waals surface area contributed by atoms with Crippen molar-refractivity contribution in [3.8, 4) is 0 Å². The smallest absolute Gasteiger partial charge is 0.340 e. The molecule has 3 aromatic rings. The summed E-state index contributed by atoms with van der Waals surface area (Å²) < 4.78 is 10.2. The number of hydrogen-bond donors (Lipinski definition) is 2. The topological polar surface area (TPSA) is 140 Å². The Hall–Kier alpha value is -3.99. The molecule has 11 heteroatoms. The number of esters is 1. The standard InChI is InChI=1S/C20H19N5O6/c1-30-20(27)15-10-12(24-6-8-31-9-7-24)2-4-16(15)21-19(26)18-14-11-13(25(28)29)3-5-17(14)22-23-18/h2-5,10-11H,6-9H2,1H3,(H,21,26)(H,22,23). The van der Waals surface area contributed by atoms with Crippen molar-refractivity contribution in [1.29, 1.82) is 0 Å². The second-order valence-electron chi connectivity index (χ2n) is 6.83. The van der Waals surface area contributed by atoms with Crippen LogP contribution in [-0.2, 0) is 9.47 Å². The van der Waals surface area contributed by atoms with Gasteiger partial charge >= 0.3 is 5.97 Å². The number of methoxy groups -OCH3 is 1. The monoisotopic (exact) mass is 425 g/mol. The lowest BCUT2D eigenvalue weighted by Gasteiger charge is -2.29. The number of non-ortho nitro benzene ring substituents is 1. The number of rotatable bonds is 5. The molecular formula is C20H19N5O6. The van der Waals surface area contributed by atoms with Gasteiger partial charge in [0.05, 0.1) is 42.0 Å². The van der Waals surface area contributed by atoms with E-state index in [1.54, 1.807) is 18.2 Å². The van der Waals surface area contributed by atoms with Crippen molar-refractivity contribution in [2.75, 3.05) is 43.6 Å². The molecular weight excluding hydrogens is 406 g/mol. The van der Waals surface area contributed by atoms with Gasteiger partial charge in [0.2, 0.25) is 0 Å². The van der Waals surface area contributed by atoms with Crippen LogP contribution < -0.4 is 10.2 Å². The lowest BCUT2D eigenvalue weighted by Crippen LogP contribution is -2.36. The van der Waals surface area contributed by atoms with Gasteiger partial charge in [-0.05, 0) is 24.3 Å². The molecule has 11 nitrogen and oxygen atoms in total. The average Bonchev–Trinajstić information content (AvgIpc) is 3.22. The molecule has 1 amide bonds. The average molecular weight is 425 g/mol. The number of aromatic amines is 1. The van der Waals surface area contributed by atoms with Crippen molar-refractivity contribution in [2.24, 2.45) is 0 Å². The summed E-state index contributed by atoms with van der Waals surface area (Å²) >= 11 is 0. The number of fused-ring (bicyclic) bond motifs is 1. The fraction of sp³-hybridized carbons (Fsp3) is 0.250. The van der Waals surface area contributed by atoms with Crippen molar-refractivity contribution in [3.05, 3.63) is 57.8 Å². The highest BCUT2D eigenvalue weighted by Gasteiger charge is 2.22. The summed E-state index contributed by atoms with van der Waals surface area (Å²) in [5.41, 5.74) is 1.54. The number of aromatic nitrogens is 2. The molecule has 2 aromatic carbocycles.